The molecule has 3 N–H and O–H groups in total. The van der Waals surface area contributed by atoms with Gasteiger partial charge in [-0.3, -0.25) is 4.79 Å². The molecule has 0 saturated heterocycles. The number of rotatable bonds is 6. The lowest BCUT2D eigenvalue weighted by molar-refractivity contribution is -0.115. The van der Waals surface area contributed by atoms with Crippen molar-refractivity contribution in [3.05, 3.63) is 53.6 Å². The van der Waals surface area contributed by atoms with E-state index in [9.17, 15) is 4.79 Å². The molecule has 0 saturated carbocycles. The molecule has 1 unspecified atom stereocenters. The van der Waals surface area contributed by atoms with E-state index >= 15 is 0 Å². The third-order valence-electron chi connectivity index (χ3n) is 3.53. The van der Waals surface area contributed by atoms with Crippen molar-refractivity contribution in [1.29, 1.82) is 0 Å². The molecule has 1 atom stereocenters. The fraction of sp³-hybridized carbons (Fsp3) is 0.278. The Kier molecular flexibility index (Phi) is 5.60. The highest BCUT2D eigenvalue weighted by atomic mass is 16.5. The van der Waals surface area contributed by atoms with Crippen LogP contribution >= 0.6 is 0 Å². The molecule has 5 nitrogen and oxygen atoms in total. The summed E-state index contributed by atoms with van der Waals surface area (Å²) < 4.78 is 10.4. The van der Waals surface area contributed by atoms with Crippen LogP contribution in [-0.2, 0) is 11.2 Å². The van der Waals surface area contributed by atoms with E-state index in [0.29, 0.717) is 11.5 Å². The fourth-order valence-electron chi connectivity index (χ4n) is 2.25. The van der Waals surface area contributed by atoms with Crippen LogP contribution in [0.1, 0.15) is 24.1 Å². The summed E-state index contributed by atoms with van der Waals surface area (Å²) in [6.07, 6.45) is 0.259. The van der Waals surface area contributed by atoms with Gasteiger partial charge in [0.2, 0.25) is 5.91 Å². The molecule has 0 aliphatic rings. The predicted molar refractivity (Wildman–Crippen MR) is 90.9 cm³/mol. The van der Waals surface area contributed by atoms with Crippen molar-refractivity contribution in [1.82, 2.24) is 0 Å². The average molecular weight is 314 g/mol. The number of nitrogens with two attached hydrogens (primary N) is 1. The Morgan fingerprint density at radius 1 is 1.09 bits per heavy atom. The quantitative estimate of drug-likeness (QED) is 0.860. The van der Waals surface area contributed by atoms with Crippen molar-refractivity contribution in [3.8, 4) is 11.5 Å². The highest BCUT2D eigenvalue weighted by Crippen LogP contribution is 2.27. The van der Waals surface area contributed by atoms with Gasteiger partial charge in [0.05, 0.1) is 20.6 Å². The van der Waals surface area contributed by atoms with Gasteiger partial charge in [0.1, 0.15) is 0 Å². The summed E-state index contributed by atoms with van der Waals surface area (Å²) in [5.74, 6) is 1.16. The smallest absolute Gasteiger partial charge is 0.228 e. The van der Waals surface area contributed by atoms with Gasteiger partial charge in [-0.1, -0.05) is 18.2 Å². The fourth-order valence-corrected chi connectivity index (χ4v) is 2.25. The maximum Gasteiger partial charge on any atom is 0.228 e. The minimum Gasteiger partial charge on any atom is -0.493 e. The molecule has 23 heavy (non-hydrogen) atoms. The Labute approximate surface area is 136 Å². The van der Waals surface area contributed by atoms with Gasteiger partial charge in [0.25, 0.3) is 0 Å². The highest BCUT2D eigenvalue weighted by molar-refractivity contribution is 5.92. The lowest BCUT2D eigenvalue weighted by Crippen LogP contribution is -2.14. The number of nitrogens with one attached hydrogen (secondary N) is 1. The molecule has 2 aromatic rings. The molecular weight excluding hydrogens is 292 g/mol. The monoisotopic (exact) mass is 314 g/mol. The summed E-state index contributed by atoms with van der Waals surface area (Å²) in [4.78, 5) is 12.1. The third kappa shape index (κ3) is 4.47. The molecule has 0 spiro atoms. The van der Waals surface area contributed by atoms with E-state index < -0.39 is 0 Å². The molecule has 0 aliphatic carbocycles. The highest BCUT2D eigenvalue weighted by Gasteiger charge is 2.09. The van der Waals surface area contributed by atoms with Gasteiger partial charge in [-0.15, -0.1) is 0 Å². The summed E-state index contributed by atoms with van der Waals surface area (Å²) in [6, 6.07) is 13.0. The minimum atomic E-state index is -0.0919. The first-order valence-corrected chi connectivity index (χ1v) is 7.39. The number of carbonyl (C=O) groups excluding carboxylic acids is 1. The van der Waals surface area contributed by atoms with Crippen LogP contribution in [-0.4, -0.2) is 20.1 Å². The van der Waals surface area contributed by atoms with Crippen LogP contribution in [0.15, 0.2) is 42.5 Å². The summed E-state index contributed by atoms with van der Waals surface area (Å²) in [5, 5.41) is 2.87. The zero-order valence-corrected chi connectivity index (χ0v) is 13.6. The zero-order chi connectivity index (χ0) is 16.8. The number of benzene rings is 2. The predicted octanol–water partition coefficient (Wildman–Crippen LogP) is 2.90. The van der Waals surface area contributed by atoms with Crippen LogP contribution in [0.25, 0.3) is 0 Å². The molecule has 0 radical (unpaired) electrons. The van der Waals surface area contributed by atoms with Crippen molar-refractivity contribution < 1.29 is 14.3 Å². The Morgan fingerprint density at radius 2 is 1.74 bits per heavy atom. The number of anilines is 1. The van der Waals surface area contributed by atoms with E-state index in [1.807, 2.05) is 37.3 Å². The molecule has 122 valence electrons. The van der Waals surface area contributed by atoms with Crippen LogP contribution in [0.5, 0.6) is 11.5 Å². The first-order chi connectivity index (χ1) is 11.0. The molecule has 0 aromatic heterocycles. The van der Waals surface area contributed by atoms with Gasteiger partial charge in [0.15, 0.2) is 11.5 Å². The van der Waals surface area contributed by atoms with E-state index in [1.165, 1.54) is 0 Å². The van der Waals surface area contributed by atoms with Crippen molar-refractivity contribution in [3.63, 3.8) is 0 Å². The minimum absolute atomic E-state index is 0.0217. The molecule has 2 rings (SSSR count). The summed E-state index contributed by atoms with van der Waals surface area (Å²) in [6.45, 7) is 1.92. The number of hydrogen-bond donors (Lipinski definition) is 2. The Hall–Kier alpha value is -2.53. The maximum atomic E-state index is 12.1. The summed E-state index contributed by atoms with van der Waals surface area (Å²) >= 11 is 0. The SMILES string of the molecule is COc1ccc(CC(=O)Nc2ccc(C(C)N)cc2)cc1OC. The van der Waals surface area contributed by atoms with Crippen LogP contribution in [0.3, 0.4) is 0 Å². The van der Waals surface area contributed by atoms with E-state index in [1.54, 1.807) is 26.4 Å². The third-order valence-corrected chi connectivity index (χ3v) is 3.53. The Balaban J connectivity index is 2.01. The van der Waals surface area contributed by atoms with Gasteiger partial charge < -0.3 is 20.5 Å². The van der Waals surface area contributed by atoms with Crippen molar-refractivity contribution in [2.24, 2.45) is 5.73 Å². The zero-order valence-electron chi connectivity index (χ0n) is 13.6. The number of ether oxygens (including phenoxy) is 2. The molecule has 0 aliphatic heterocycles. The first kappa shape index (κ1) is 16.8. The maximum absolute atomic E-state index is 12.1. The lowest BCUT2D eigenvalue weighted by atomic mass is 10.1. The number of hydrogen-bond acceptors (Lipinski definition) is 4. The van der Waals surface area contributed by atoms with E-state index in [0.717, 1.165) is 16.8 Å². The van der Waals surface area contributed by atoms with E-state index in [4.69, 9.17) is 15.2 Å². The van der Waals surface area contributed by atoms with Crippen molar-refractivity contribution >= 4 is 11.6 Å². The van der Waals surface area contributed by atoms with Gasteiger partial charge >= 0.3 is 0 Å². The van der Waals surface area contributed by atoms with E-state index in [-0.39, 0.29) is 18.4 Å². The molecule has 5 heteroatoms. The number of amides is 1. The lowest BCUT2D eigenvalue weighted by Gasteiger charge is -2.10. The molecule has 2 aromatic carbocycles. The molecular formula is C18H22N2O3. The average Bonchev–Trinajstić information content (AvgIpc) is 2.55. The summed E-state index contributed by atoms with van der Waals surface area (Å²) in [5.41, 5.74) is 8.44. The molecule has 0 heterocycles. The normalized spacial score (nSPS) is 11.7. The van der Waals surface area contributed by atoms with Gasteiger partial charge in [-0.25, -0.2) is 0 Å². The van der Waals surface area contributed by atoms with Gasteiger partial charge in [0, 0.05) is 11.7 Å². The van der Waals surface area contributed by atoms with Gasteiger partial charge in [-0.05, 0) is 42.3 Å². The first-order valence-electron chi connectivity index (χ1n) is 7.39. The summed E-state index contributed by atoms with van der Waals surface area (Å²) in [7, 11) is 3.15. The Morgan fingerprint density at radius 3 is 2.30 bits per heavy atom. The van der Waals surface area contributed by atoms with Crippen LogP contribution in [0, 0.1) is 0 Å². The largest absolute Gasteiger partial charge is 0.493 e. The van der Waals surface area contributed by atoms with E-state index in [2.05, 4.69) is 5.32 Å². The van der Waals surface area contributed by atoms with Crippen LogP contribution < -0.4 is 20.5 Å². The van der Waals surface area contributed by atoms with Crippen LogP contribution in [0.4, 0.5) is 5.69 Å². The second-order valence-corrected chi connectivity index (χ2v) is 5.32. The van der Waals surface area contributed by atoms with Crippen molar-refractivity contribution in [2.75, 3.05) is 19.5 Å². The molecule has 1 amide bonds. The second kappa shape index (κ2) is 7.65. The Bertz CT molecular complexity index is 666. The topological polar surface area (TPSA) is 73.6 Å². The van der Waals surface area contributed by atoms with Crippen molar-refractivity contribution in [2.45, 2.75) is 19.4 Å². The van der Waals surface area contributed by atoms with Gasteiger partial charge in [-0.2, -0.15) is 0 Å². The molecule has 0 fully saturated rings. The standard InChI is InChI=1S/C18H22N2O3/c1-12(19)14-5-7-15(8-6-14)20-18(21)11-13-4-9-16(22-2)17(10-13)23-3/h4-10,12H,11,19H2,1-3H3,(H,20,21). The van der Waals surface area contributed by atoms with Crippen LogP contribution in [0.2, 0.25) is 0 Å². The molecule has 0 bridgehead atoms. The second-order valence-electron chi connectivity index (χ2n) is 5.32. The number of carbonyl (C=O) groups is 1. The number of methoxy groups -OCH3 is 2.